The molecule has 0 spiro atoms. The standard InChI is InChI=1S/C69H117N11O14/c1-37(2)31-49-64(88)77(21)52(34-40(7)8)60(84)71-46(17)69(93)94-59(43(13)14)68(92)78(22)53(35-41(9)10)62(86)73-50(32-38(3)4)65(89)79(23)56(42(11)12)67(91)80(24)57(58(83)44(15)27-25-29-48-30-26-28-45(16)70-48)63(87)74-55(47(18)81)66(90)75(19)36-54(82)76(20)51(33-39(5)6)61(85)72-49/h25-26,28-30,37-44,46-47,49-53,55-59,81,83H,27,31-36H2,1-24H3,(H,71,84)(H,72,85)(H,73,86)(H,74,87)/b29-25+/t44-,46+,47-,49+,50-,51+,52+,53+,55+,56+,57+,58-,59-/m1/s1. The molecule has 2 rings (SSSR count). The third-order valence-electron chi connectivity index (χ3n) is 17.0. The summed E-state index contributed by atoms with van der Waals surface area (Å²) in [5.41, 5.74) is 1.40. The second-order valence-electron chi connectivity index (χ2n) is 28.8. The van der Waals surface area contributed by atoms with Crippen molar-refractivity contribution in [2.75, 3.05) is 48.8 Å². The van der Waals surface area contributed by atoms with Crippen LogP contribution in [0.1, 0.15) is 168 Å². The number of aromatic nitrogens is 1. The molecule has 10 amide bonds. The van der Waals surface area contributed by atoms with Crippen molar-refractivity contribution in [3.05, 3.63) is 35.7 Å². The van der Waals surface area contributed by atoms with Crippen LogP contribution in [0, 0.1) is 54.3 Å². The topological polar surface area (TPSA) is 318 Å². The Hall–Kier alpha value is -7.02. The molecular formula is C69H117N11O14. The molecule has 0 aliphatic carbocycles. The van der Waals surface area contributed by atoms with Gasteiger partial charge >= 0.3 is 5.97 Å². The highest BCUT2D eigenvalue weighted by Gasteiger charge is 2.46. The van der Waals surface area contributed by atoms with E-state index in [9.17, 15) is 48.6 Å². The Morgan fingerprint density at radius 2 is 0.957 bits per heavy atom. The summed E-state index contributed by atoms with van der Waals surface area (Å²) in [5, 5.41) is 34.7. The largest absolute Gasteiger partial charge is 0.450 e. The van der Waals surface area contributed by atoms with Crippen molar-refractivity contribution in [1.29, 1.82) is 0 Å². The first kappa shape index (κ1) is 83.1. The first-order valence-corrected chi connectivity index (χ1v) is 33.4. The molecule has 0 saturated carbocycles. The smallest absolute Gasteiger partial charge is 0.329 e. The summed E-state index contributed by atoms with van der Waals surface area (Å²) in [4.78, 5) is 173. The van der Waals surface area contributed by atoms with Crippen LogP contribution in [-0.2, 0) is 57.5 Å². The molecule has 0 aromatic carbocycles. The molecule has 0 unspecified atom stereocenters. The van der Waals surface area contributed by atoms with Crippen LogP contribution in [0.15, 0.2) is 24.3 Å². The van der Waals surface area contributed by atoms with E-state index in [-0.39, 0.29) is 68.1 Å². The average molecular weight is 1320 g/mol. The lowest BCUT2D eigenvalue weighted by Crippen LogP contribution is -2.64. The number of amides is 10. The second kappa shape index (κ2) is 37.9. The molecule has 6 N–H and O–H groups in total. The minimum atomic E-state index is -1.80. The van der Waals surface area contributed by atoms with Gasteiger partial charge in [-0.3, -0.25) is 52.9 Å². The Labute approximate surface area is 560 Å². The SMILES string of the molecule is Cc1cccc(/C=C/C[C@@H](C)[C@@H](O)[C@H]2C(=O)N[C@@H]([C@@H](C)O)C(=O)N(C)CC(=O)N(C)[C@@H](CC(C)C)C(=O)N[C@@H](CC(C)C)C(=O)N(C)[C@@H](CC(C)C)C(=O)N[C@@H](C)C(=O)O[C@H](C(C)C)C(=O)N(C)[C@@H](CC(C)C)C(=O)N[C@H](CC(C)C)C(=O)N(C)[C@@H](C(C)C)C(=O)N2C)n1. The number of carbonyl (C=O) groups is 11. The Morgan fingerprint density at radius 1 is 0.521 bits per heavy atom. The van der Waals surface area contributed by atoms with E-state index < -0.39 is 162 Å². The van der Waals surface area contributed by atoms with E-state index in [2.05, 4.69) is 26.3 Å². The molecule has 2 heterocycles. The molecule has 25 heteroatoms. The van der Waals surface area contributed by atoms with Crippen LogP contribution in [0.4, 0.5) is 0 Å². The maximum absolute atomic E-state index is 15.3. The zero-order chi connectivity index (χ0) is 72.2. The minimum Gasteiger partial charge on any atom is -0.450 e. The Bertz CT molecular complexity index is 2770. The third kappa shape index (κ3) is 24.3. The summed E-state index contributed by atoms with van der Waals surface area (Å²) in [6, 6.07) is -6.97. The normalized spacial score (nSPS) is 25.7. The van der Waals surface area contributed by atoms with Crippen molar-refractivity contribution in [3.8, 4) is 0 Å². The lowest BCUT2D eigenvalue weighted by Gasteiger charge is -2.40. The summed E-state index contributed by atoms with van der Waals surface area (Å²) in [6.45, 7) is 30.5. The van der Waals surface area contributed by atoms with Crippen molar-refractivity contribution < 1.29 is 67.7 Å². The number of carbonyl (C=O) groups excluding carboxylic acids is 11. The van der Waals surface area contributed by atoms with Gasteiger partial charge in [0.2, 0.25) is 53.2 Å². The summed E-state index contributed by atoms with van der Waals surface area (Å²) in [5.74, 6) is -11.9. The van der Waals surface area contributed by atoms with Gasteiger partial charge in [0.1, 0.15) is 54.4 Å². The second-order valence-corrected chi connectivity index (χ2v) is 28.8. The highest BCUT2D eigenvalue weighted by atomic mass is 16.6. The highest BCUT2D eigenvalue weighted by Crippen LogP contribution is 2.25. The molecule has 1 aliphatic heterocycles. The maximum atomic E-state index is 15.3. The number of aliphatic hydroxyl groups excluding tert-OH is 2. The first-order valence-electron chi connectivity index (χ1n) is 33.4. The lowest BCUT2D eigenvalue weighted by molar-refractivity contribution is -0.166. The number of cyclic esters (lactones) is 1. The van der Waals surface area contributed by atoms with E-state index >= 15 is 14.4 Å². The van der Waals surface area contributed by atoms with Crippen molar-refractivity contribution >= 4 is 71.1 Å². The Balaban J connectivity index is 3.05. The minimum absolute atomic E-state index is 0.0671. The van der Waals surface area contributed by atoms with Crippen LogP contribution in [-0.4, -0.2) is 231 Å². The molecule has 1 fully saturated rings. The highest BCUT2D eigenvalue weighted by molar-refractivity contribution is 5.99. The molecule has 1 aromatic rings. The summed E-state index contributed by atoms with van der Waals surface area (Å²) < 4.78 is 5.91. The molecule has 1 aromatic heterocycles. The molecule has 1 saturated heterocycles. The molecule has 94 heavy (non-hydrogen) atoms. The fourth-order valence-corrected chi connectivity index (χ4v) is 11.5. The predicted molar refractivity (Wildman–Crippen MR) is 360 cm³/mol. The maximum Gasteiger partial charge on any atom is 0.329 e. The zero-order valence-corrected chi connectivity index (χ0v) is 60.8. The monoisotopic (exact) mass is 1320 g/mol. The van der Waals surface area contributed by atoms with Crippen molar-refractivity contribution in [2.24, 2.45) is 47.3 Å². The van der Waals surface area contributed by atoms with Crippen LogP contribution < -0.4 is 21.3 Å². The average Bonchev–Trinajstić information content (AvgIpc) is 0.812. The van der Waals surface area contributed by atoms with Gasteiger partial charge in [-0.15, -0.1) is 0 Å². The van der Waals surface area contributed by atoms with Crippen molar-refractivity contribution in [3.63, 3.8) is 0 Å². The van der Waals surface area contributed by atoms with E-state index in [1.165, 1.54) is 70.8 Å². The van der Waals surface area contributed by atoms with Crippen LogP contribution >= 0.6 is 0 Å². The third-order valence-corrected chi connectivity index (χ3v) is 17.0. The summed E-state index contributed by atoms with van der Waals surface area (Å²) >= 11 is 0. The van der Waals surface area contributed by atoms with E-state index in [0.29, 0.717) is 5.69 Å². The summed E-state index contributed by atoms with van der Waals surface area (Å²) in [7, 11) is 8.11. The number of allylic oxidation sites excluding steroid dienone is 1. The first-order chi connectivity index (χ1) is 43.5. The predicted octanol–water partition coefficient (Wildman–Crippen LogP) is 4.19. The lowest BCUT2D eigenvalue weighted by atomic mass is 9.91. The fraction of sp³-hybridized carbons (Fsp3) is 0.739. The quantitative estimate of drug-likeness (QED) is 0.112. The van der Waals surface area contributed by atoms with Gasteiger partial charge in [0.25, 0.3) is 5.91 Å². The number of hydrogen-bond acceptors (Lipinski definition) is 15. The Morgan fingerprint density at radius 3 is 1.39 bits per heavy atom. The number of esters is 1. The van der Waals surface area contributed by atoms with Gasteiger partial charge in [0, 0.05) is 48.0 Å². The van der Waals surface area contributed by atoms with Gasteiger partial charge in [-0.2, -0.15) is 0 Å². The molecule has 0 bridgehead atoms. The number of nitrogens with zero attached hydrogens (tertiary/aromatic N) is 7. The molecular weight excluding hydrogens is 1210 g/mol. The molecule has 25 nitrogen and oxygen atoms in total. The number of likely N-dealkylation sites (N-methyl/N-ethyl adjacent to an activating group) is 6. The number of hydrogen-bond donors (Lipinski definition) is 6. The molecule has 0 radical (unpaired) electrons. The molecule has 532 valence electrons. The number of aryl methyl sites for hydroxylation is 1. The number of nitrogens with one attached hydrogen (secondary N) is 4. The Kier molecular flexibility index (Phi) is 33.5. The van der Waals surface area contributed by atoms with Gasteiger partial charge in [0.15, 0.2) is 6.10 Å². The van der Waals surface area contributed by atoms with E-state index in [1.807, 2.05) is 88.3 Å². The van der Waals surface area contributed by atoms with Crippen molar-refractivity contribution in [1.82, 2.24) is 55.7 Å². The van der Waals surface area contributed by atoms with Crippen LogP contribution in [0.2, 0.25) is 0 Å². The summed E-state index contributed by atoms with van der Waals surface area (Å²) in [6.07, 6.45) is -0.636. The van der Waals surface area contributed by atoms with Gasteiger partial charge in [0.05, 0.1) is 24.4 Å². The van der Waals surface area contributed by atoms with E-state index in [1.54, 1.807) is 52.8 Å². The molecule has 1 aliphatic rings. The zero-order valence-electron chi connectivity index (χ0n) is 60.8. The van der Waals surface area contributed by atoms with Gasteiger partial charge < -0.3 is 65.6 Å². The number of pyridine rings is 1. The van der Waals surface area contributed by atoms with Crippen LogP contribution in [0.25, 0.3) is 6.08 Å². The van der Waals surface area contributed by atoms with E-state index in [0.717, 1.165) is 20.4 Å². The number of rotatable bonds is 18. The van der Waals surface area contributed by atoms with Gasteiger partial charge in [-0.05, 0) is 125 Å². The van der Waals surface area contributed by atoms with Gasteiger partial charge in [-0.25, -0.2) is 4.79 Å². The number of aliphatic hydroxyl groups is 2. The van der Waals surface area contributed by atoms with Crippen molar-refractivity contribution in [2.45, 2.75) is 236 Å². The fourth-order valence-electron chi connectivity index (χ4n) is 11.5. The van der Waals surface area contributed by atoms with E-state index in [4.69, 9.17) is 4.74 Å². The van der Waals surface area contributed by atoms with Crippen LogP contribution in [0.3, 0.4) is 0 Å². The molecule has 13 atom stereocenters. The van der Waals surface area contributed by atoms with Gasteiger partial charge in [-0.1, -0.05) is 116 Å². The van der Waals surface area contributed by atoms with Crippen LogP contribution in [0.5, 0.6) is 0 Å². The number of ether oxygens (including phenoxy) is 1.